The SMILES string of the molecule is CC(C)(C)OC(=O)N1CC[C@@H](S(=O)(=O)c2cccc(C(N)=O)c2)C1. The highest BCUT2D eigenvalue weighted by Gasteiger charge is 2.37. The standard InChI is InChI=1S/C16H22N2O5S/c1-16(2,3)23-15(20)18-8-7-13(10-18)24(21,22)12-6-4-5-11(9-12)14(17)19/h4-6,9,13H,7-8,10H2,1-3H3,(H2,17,19)/t13-/m1/s1. The number of likely N-dealkylation sites (tertiary alicyclic amines) is 1. The van der Waals surface area contributed by atoms with Gasteiger partial charge >= 0.3 is 6.09 Å². The van der Waals surface area contributed by atoms with Crippen LogP contribution in [0.3, 0.4) is 0 Å². The number of carbonyl (C=O) groups excluding carboxylic acids is 2. The van der Waals surface area contributed by atoms with E-state index in [1.54, 1.807) is 20.8 Å². The number of amides is 2. The van der Waals surface area contributed by atoms with Crippen molar-refractivity contribution in [3.8, 4) is 0 Å². The highest BCUT2D eigenvalue weighted by molar-refractivity contribution is 7.92. The molecule has 2 amide bonds. The van der Waals surface area contributed by atoms with Crippen LogP contribution in [-0.4, -0.2) is 49.3 Å². The van der Waals surface area contributed by atoms with Crippen LogP contribution in [0, 0.1) is 0 Å². The van der Waals surface area contributed by atoms with Crippen molar-refractivity contribution in [2.45, 2.75) is 42.9 Å². The van der Waals surface area contributed by atoms with Crippen LogP contribution in [0.4, 0.5) is 4.79 Å². The van der Waals surface area contributed by atoms with Gasteiger partial charge in [-0.15, -0.1) is 0 Å². The van der Waals surface area contributed by atoms with Gasteiger partial charge in [0.15, 0.2) is 9.84 Å². The first-order valence-electron chi connectivity index (χ1n) is 7.62. The molecular formula is C16H22N2O5S. The van der Waals surface area contributed by atoms with Gasteiger partial charge in [0.2, 0.25) is 5.91 Å². The van der Waals surface area contributed by atoms with E-state index in [2.05, 4.69) is 0 Å². The Hall–Kier alpha value is -2.09. The molecule has 1 heterocycles. The van der Waals surface area contributed by atoms with Gasteiger partial charge in [0.05, 0.1) is 10.1 Å². The van der Waals surface area contributed by atoms with Crippen molar-refractivity contribution in [1.29, 1.82) is 0 Å². The molecule has 0 radical (unpaired) electrons. The van der Waals surface area contributed by atoms with E-state index >= 15 is 0 Å². The van der Waals surface area contributed by atoms with Gasteiger partial charge in [-0.25, -0.2) is 13.2 Å². The summed E-state index contributed by atoms with van der Waals surface area (Å²) in [4.78, 5) is 24.7. The lowest BCUT2D eigenvalue weighted by atomic mass is 10.2. The van der Waals surface area contributed by atoms with Gasteiger partial charge in [0.25, 0.3) is 0 Å². The molecule has 8 heteroatoms. The predicted octanol–water partition coefficient (Wildman–Crippen LogP) is 1.57. The summed E-state index contributed by atoms with van der Waals surface area (Å²) in [7, 11) is -3.66. The van der Waals surface area contributed by atoms with Crippen LogP contribution in [0.15, 0.2) is 29.2 Å². The normalized spacial score (nSPS) is 18.5. The van der Waals surface area contributed by atoms with Gasteiger partial charge in [-0.1, -0.05) is 6.07 Å². The molecule has 24 heavy (non-hydrogen) atoms. The number of nitrogens with zero attached hydrogens (tertiary/aromatic N) is 1. The van der Waals surface area contributed by atoms with Gasteiger partial charge < -0.3 is 15.4 Å². The summed E-state index contributed by atoms with van der Waals surface area (Å²) >= 11 is 0. The molecule has 1 saturated heterocycles. The monoisotopic (exact) mass is 354 g/mol. The van der Waals surface area contributed by atoms with Crippen LogP contribution in [0.2, 0.25) is 0 Å². The fourth-order valence-corrected chi connectivity index (χ4v) is 4.23. The van der Waals surface area contributed by atoms with Gasteiger partial charge in [0, 0.05) is 18.7 Å². The van der Waals surface area contributed by atoms with Crippen LogP contribution in [-0.2, 0) is 14.6 Å². The molecule has 1 aliphatic heterocycles. The van der Waals surface area contributed by atoms with Crippen molar-refractivity contribution >= 4 is 21.8 Å². The zero-order chi connectivity index (χ0) is 18.1. The molecule has 1 fully saturated rings. The van der Waals surface area contributed by atoms with Crippen molar-refractivity contribution in [3.63, 3.8) is 0 Å². The highest BCUT2D eigenvalue weighted by atomic mass is 32.2. The Labute approximate surface area is 141 Å². The summed E-state index contributed by atoms with van der Waals surface area (Å²) in [5, 5.41) is -0.729. The smallest absolute Gasteiger partial charge is 0.410 e. The second-order valence-corrected chi connectivity index (χ2v) is 9.00. The molecule has 2 N–H and O–H groups in total. The summed E-state index contributed by atoms with van der Waals surface area (Å²) in [6, 6.07) is 5.64. The van der Waals surface area contributed by atoms with Crippen LogP contribution in [0.25, 0.3) is 0 Å². The predicted molar refractivity (Wildman–Crippen MR) is 88.4 cm³/mol. The lowest BCUT2D eigenvalue weighted by Gasteiger charge is -2.24. The topological polar surface area (TPSA) is 107 Å². The minimum absolute atomic E-state index is 0.0369. The second-order valence-electron chi connectivity index (χ2n) is 6.77. The molecule has 0 bridgehead atoms. The number of nitrogens with two attached hydrogens (primary N) is 1. The molecule has 0 unspecified atom stereocenters. The van der Waals surface area contributed by atoms with Gasteiger partial charge in [0.1, 0.15) is 5.60 Å². The minimum Gasteiger partial charge on any atom is -0.444 e. The molecule has 0 saturated carbocycles. The lowest BCUT2D eigenvalue weighted by Crippen LogP contribution is -2.36. The number of ether oxygens (including phenoxy) is 1. The van der Waals surface area contributed by atoms with E-state index in [0.717, 1.165) is 0 Å². The number of primary amides is 1. The quantitative estimate of drug-likeness (QED) is 0.886. The fourth-order valence-electron chi connectivity index (χ4n) is 2.49. The number of hydrogen-bond donors (Lipinski definition) is 1. The third-order valence-electron chi connectivity index (χ3n) is 3.68. The summed E-state index contributed by atoms with van der Waals surface area (Å²) < 4.78 is 30.7. The summed E-state index contributed by atoms with van der Waals surface area (Å²) in [6.07, 6.45) is -0.200. The molecule has 1 atom stereocenters. The average Bonchev–Trinajstić information content (AvgIpc) is 2.96. The molecule has 0 aliphatic carbocycles. The Morgan fingerprint density at radius 3 is 2.54 bits per heavy atom. The lowest BCUT2D eigenvalue weighted by molar-refractivity contribution is 0.0295. The molecule has 0 aromatic heterocycles. The van der Waals surface area contributed by atoms with Gasteiger partial charge in [-0.3, -0.25) is 4.79 Å². The molecule has 0 spiro atoms. The average molecular weight is 354 g/mol. The number of carbonyl (C=O) groups is 2. The molecule has 1 aromatic rings. The van der Waals surface area contributed by atoms with Crippen molar-refractivity contribution in [3.05, 3.63) is 29.8 Å². The van der Waals surface area contributed by atoms with Crippen LogP contribution < -0.4 is 5.73 Å². The molecular weight excluding hydrogens is 332 g/mol. The van der Waals surface area contributed by atoms with E-state index in [1.807, 2.05) is 0 Å². The van der Waals surface area contributed by atoms with E-state index in [0.29, 0.717) is 13.0 Å². The van der Waals surface area contributed by atoms with E-state index in [1.165, 1.54) is 29.2 Å². The van der Waals surface area contributed by atoms with Crippen molar-refractivity contribution in [2.24, 2.45) is 5.73 Å². The summed E-state index contributed by atoms with van der Waals surface area (Å²) in [5.74, 6) is -0.686. The molecule has 132 valence electrons. The Morgan fingerprint density at radius 1 is 1.29 bits per heavy atom. The van der Waals surface area contributed by atoms with Crippen molar-refractivity contribution in [1.82, 2.24) is 4.90 Å². The summed E-state index contributed by atoms with van der Waals surface area (Å²) in [5.41, 5.74) is 4.70. The first kappa shape index (κ1) is 18.3. The van der Waals surface area contributed by atoms with E-state index < -0.39 is 32.7 Å². The molecule has 1 aliphatic rings. The van der Waals surface area contributed by atoms with Gasteiger partial charge in [-0.2, -0.15) is 0 Å². The van der Waals surface area contributed by atoms with Crippen LogP contribution in [0.5, 0.6) is 0 Å². The van der Waals surface area contributed by atoms with Gasteiger partial charge in [-0.05, 0) is 45.4 Å². The zero-order valence-electron chi connectivity index (χ0n) is 14.0. The van der Waals surface area contributed by atoms with Crippen LogP contribution in [0.1, 0.15) is 37.6 Å². The number of hydrogen-bond acceptors (Lipinski definition) is 5. The van der Waals surface area contributed by atoms with Crippen LogP contribution >= 0.6 is 0 Å². The second kappa shape index (κ2) is 6.43. The first-order chi connectivity index (χ1) is 11.0. The van der Waals surface area contributed by atoms with E-state index in [-0.39, 0.29) is 17.0 Å². The largest absolute Gasteiger partial charge is 0.444 e. The van der Waals surface area contributed by atoms with Crippen molar-refractivity contribution < 1.29 is 22.7 Å². The van der Waals surface area contributed by atoms with E-state index in [4.69, 9.17) is 10.5 Å². The number of sulfone groups is 1. The van der Waals surface area contributed by atoms with E-state index in [9.17, 15) is 18.0 Å². The maximum absolute atomic E-state index is 12.7. The minimum atomic E-state index is -3.66. The molecule has 2 rings (SSSR count). The first-order valence-corrected chi connectivity index (χ1v) is 9.17. The Bertz CT molecular complexity index is 752. The zero-order valence-corrected chi connectivity index (χ0v) is 14.8. The van der Waals surface area contributed by atoms with Crippen molar-refractivity contribution in [2.75, 3.05) is 13.1 Å². The number of benzene rings is 1. The Kier molecular flexibility index (Phi) is 4.89. The summed E-state index contributed by atoms with van der Waals surface area (Å²) in [6.45, 7) is 5.64. The third kappa shape index (κ3) is 4.05. The Balaban J connectivity index is 2.16. The number of rotatable bonds is 3. The third-order valence-corrected chi connectivity index (χ3v) is 5.86. The highest BCUT2D eigenvalue weighted by Crippen LogP contribution is 2.25. The fraction of sp³-hybridized carbons (Fsp3) is 0.500. The maximum atomic E-state index is 12.7. The molecule has 1 aromatic carbocycles. The molecule has 7 nitrogen and oxygen atoms in total. The Morgan fingerprint density at radius 2 is 1.96 bits per heavy atom. The maximum Gasteiger partial charge on any atom is 0.410 e.